The van der Waals surface area contributed by atoms with Crippen LogP contribution in [-0.4, -0.2) is 28.7 Å². The van der Waals surface area contributed by atoms with Crippen LogP contribution >= 0.6 is 0 Å². The summed E-state index contributed by atoms with van der Waals surface area (Å²) in [5.41, 5.74) is 0.0940. The molecule has 0 spiro atoms. The van der Waals surface area contributed by atoms with Gasteiger partial charge in [0.25, 0.3) is 0 Å². The Balaban J connectivity index is 2.18. The van der Waals surface area contributed by atoms with E-state index in [9.17, 15) is 13.2 Å². The molecule has 0 aliphatic heterocycles. The van der Waals surface area contributed by atoms with Crippen molar-refractivity contribution in [1.82, 2.24) is 9.97 Å². The lowest BCUT2D eigenvalue weighted by Crippen LogP contribution is -2.36. The second kappa shape index (κ2) is 4.20. The third-order valence-electron chi connectivity index (χ3n) is 2.38. The van der Waals surface area contributed by atoms with Gasteiger partial charge in [-0.2, -0.15) is 18.4 Å². The van der Waals surface area contributed by atoms with Gasteiger partial charge in [0, 0.05) is 6.04 Å². The number of hydrogen-bond donors (Lipinski definition) is 0. The molecule has 0 aromatic carbocycles. The van der Waals surface area contributed by atoms with Gasteiger partial charge in [-0.15, -0.1) is 0 Å². The lowest BCUT2D eigenvalue weighted by molar-refractivity contribution is -0.120. The number of alkyl halides is 3. The van der Waals surface area contributed by atoms with E-state index in [4.69, 9.17) is 5.26 Å². The molecule has 1 saturated carbocycles. The van der Waals surface area contributed by atoms with E-state index in [0.29, 0.717) is 0 Å². The predicted octanol–water partition coefficient (Wildman–Crippen LogP) is 1.88. The summed E-state index contributed by atoms with van der Waals surface area (Å²) in [6, 6.07) is 1.66. The van der Waals surface area contributed by atoms with Crippen molar-refractivity contribution in [2.75, 3.05) is 11.4 Å². The molecule has 17 heavy (non-hydrogen) atoms. The Labute approximate surface area is 95.7 Å². The minimum absolute atomic E-state index is 0.0940. The molecule has 0 saturated heterocycles. The fourth-order valence-corrected chi connectivity index (χ4v) is 1.50. The summed E-state index contributed by atoms with van der Waals surface area (Å²) in [4.78, 5) is 8.75. The zero-order chi connectivity index (χ0) is 12.5. The van der Waals surface area contributed by atoms with E-state index in [1.165, 1.54) is 17.3 Å². The normalized spacial score (nSPS) is 15.4. The molecular weight excluding hydrogens is 233 g/mol. The first-order valence-electron chi connectivity index (χ1n) is 5.05. The average molecular weight is 242 g/mol. The molecule has 1 fully saturated rings. The van der Waals surface area contributed by atoms with E-state index in [1.54, 1.807) is 6.07 Å². The van der Waals surface area contributed by atoms with Gasteiger partial charge in [-0.25, -0.2) is 9.97 Å². The first kappa shape index (κ1) is 11.6. The number of nitriles is 1. The molecule has 90 valence electrons. The van der Waals surface area contributed by atoms with Crippen molar-refractivity contribution >= 4 is 5.82 Å². The van der Waals surface area contributed by atoms with Crippen LogP contribution in [0.4, 0.5) is 19.0 Å². The van der Waals surface area contributed by atoms with Gasteiger partial charge >= 0.3 is 6.18 Å². The molecule has 7 heteroatoms. The number of hydrogen-bond acceptors (Lipinski definition) is 4. The minimum atomic E-state index is -4.27. The summed E-state index contributed by atoms with van der Waals surface area (Å²) >= 11 is 0. The monoisotopic (exact) mass is 242 g/mol. The molecule has 0 bridgehead atoms. The largest absolute Gasteiger partial charge is 0.405 e. The molecule has 1 aromatic heterocycles. The van der Waals surface area contributed by atoms with Crippen molar-refractivity contribution < 1.29 is 13.2 Å². The highest BCUT2D eigenvalue weighted by Gasteiger charge is 2.38. The topological polar surface area (TPSA) is 52.8 Å². The van der Waals surface area contributed by atoms with Crippen molar-refractivity contribution in [3.05, 3.63) is 18.1 Å². The zero-order valence-corrected chi connectivity index (χ0v) is 8.78. The molecule has 0 radical (unpaired) electrons. The standard InChI is InChI=1S/C10H9F3N4/c11-10(12,13)6-17(8-1-2-8)9-5-15-7(3-14)4-16-9/h4-5,8H,1-2,6H2. The summed E-state index contributed by atoms with van der Waals surface area (Å²) < 4.78 is 37.1. The van der Waals surface area contributed by atoms with Gasteiger partial charge < -0.3 is 4.90 Å². The molecular formula is C10H9F3N4. The molecule has 0 N–H and O–H groups in total. The fourth-order valence-electron chi connectivity index (χ4n) is 1.50. The molecule has 1 aliphatic rings. The van der Waals surface area contributed by atoms with E-state index in [2.05, 4.69) is 9.97 Å². The summed E-state index contributed by atoms with van der Waals surface area (Å²) in [5, 5.41) is 8.53. The van der Waals surface area contributed by atoms with Gasteiger partial charge in [0.05, 0.1) is 12.4 Å². The van der Waals surface area contributed by atoms with Crippen molar-refractivity contribution in [2.24, 2.45) is 0 Å². The van der Waals surface area contributed by atoms with Crippen LogP contribution in [0.5, 0.6) is 0 Å². The molecule has 4 nitrogen and oxygen atoms in total. The maximum absolute atomic E-state index is 12.4. The number of nitrogens with zero attached hydrogens (tertiary/aromatic N) is 4. The molecule has 0 unspecified atom stereocenters. The first-order valence-corrected chi connectivity index (χ1v) is 5.05. The van der Waals surface area contributed by atoms with Crippen molar-refractivity contribution in [1.29, 1.82) is 5.26 Å². The number of aromatic nitrogens is 2. The maximum atomic E-state index is 12.4. The SMILES string of the molecule is N#Cc1cnc(N(CC(F)(F)F)C2CC2)cn1. The molecule has 0 amide bonds. The number of halogens is 3. The molecule has 2 rings (SSSR count). The third-order valence-corrected chi connectivity index (χ3v) is 2.38. The van der Waals surface area contributed by atoms with E-state index in [-0.39, 0.29) is 17.6 Å². The minimum Gasteiger partial charge on any atom is -0.343 e. The van der Waals surface area contributed by atoms with Gasteiger partial charge in [0.15, 0.2) is 5.69 Å². The van der Waals surface area contributed by atoms with E-state index in [0.717, 1.165) is 12.8 Å². The Morgan fingerprint density at radius 2 is 2.06 bits per heavy atom. The van der Waals surface area contributed by atoms with Crippen LogP contribution in [0.1, 0.15) is 18.5 Å². The van der Waals surface area contributed by atoms with Crippen LogP contribution in [0.3, 0.4) is 0 Å². The first-order chi connectivity index (χ1) is 7.99. The fraction of sp³-hybridized carbons (Fsp3) is 0.500. The van der Waals surface area contributed by atoms with Gasteiger partial charge in [-0.1, -0.05) is 0 Å². The van der Waals surface area contributed by atoms with Crippen LogP contribution in [0, 0.1) is 11.3 Å². The third kappa shape index (κ3) is 3.06. The van der Waals surface area contributed by atoms with E-state index >= 15 is 0 Å². The molecule has 1 aliphatic carbocycles. The predicted molar refractivity (Wildman–Crippen MR) is 53.2 cm³/mol. The van der Waals surface area contributed by atoms with Crippen molar-refractivity contribution in [3.8, 4) is 6.07 Å². The summed E-state index contributed by atoms with van der Waals surface area (Å²) in [7, 11) is 0. The highest BCUT2D eigenvalue weighted by Crippen LogP contribution is 2.32. The highest BCUT2D eigenvalue weighted by molar-refractivity contribution is 5.40. The second-order valence-electron chi connectivity index (χ2n) is 3.85. The number of anilines is 1. The lowest BCUT2D eigenvalue weighted by Gasteiger charge is -2.24. The smallest absolute Gasteiger partial charge is 0.343 e. The number of rotatable bonds is 3. The highest BCUT2D eigenvalue weighted by atomic mass is 19.4. The van der Waals surface area contributed by atoms with Crippen LogP contribution < -0.4 is 4.90 Å². The maximum Gasteiger partial charge on any atom is 0.405 e. The summed E-state index contributed by atoms with van der Waals surface area (Å²) in [5.74, 6) is 0.170. The average Bonchev–Trinajstić information content (AvgIpc) is 3.09. The molecule has 1 heterocycles. The second-order valence-corrected chi connectivity index (χ2v) is 3.85. The van der Waals surface area contributed by atoms with E-state index in [1.807, 2.05) is 0 Å². The van der Waals surface area contributed by atoms with Gasteiger partial charge in [-0.3, -0.25) is 0 Å². The Bertz CT molecular complexity index is 430. The summed E-state index contributed by atoms with van der Waals surface area (Å²) in [6.45, 7) is -1.03. The van der Waals surface area contributed by atoms with Gasteiger partial charge in [-0.05, 0) is 12.8 Å². The van der Waals surface area contributed by atoms with Crippen LogP contribution in [0.2, 0.25) is 0 Å². The Morgan fingerprint density at radius 1 is 1.35 bits per heavy atom. The zero-order valence-electron chi connectivity index (χ0n) is 8.78. The van der Waals surface area contributed by atoms with Crippen LogP contribution in [0.25, 0.3) is 0 Å². The quantitative estimate of drug-likeness (QED) is 0.812. The van der Waals surface area contributed by atoms with Crippen molar-refractivity contribution in [2.45, 2.75) is 25.1 Å². The molecule has 0 atom stereocenters. The van der Waals surface area contributed by atoms with Gasteiger partial charge in [0.1, 0.15) is 18.4 Å². The Hall–Kier alpha value is -1.84. The Kier molecular flexibility index (Phi) is 2.88. The van der Waals surface area contributed by atoms with E-state index < -0.39 is 12.7 Å². The van der Waals surface area contributed by atoms with Crippen LogP contribution in [0.15, 0.2) is 12.4 Å². The summed E-state index contributed by atoms with van der Waals surface area (Å²) in [6.07, 6.45) is -0.405. The Morgan fingerprint density at radius 3 is 2.47 bits per heavy atom. The lowest BCUT2D eigenvalue weighted by atomic mass is 10.4. The van der Waals surface area contributed by atoms with Gasteiger partial charge in [0.2, 0.25) is 0 Å². The van der Waals surface area contributed by atoms with Crippen molar-refractivity contribution in [3.63, 3.8) is 0 Å². The van der Waals surface area contributed by atoms with Crippen LogP contribution in [-0.2, 0) is 0 Å². The molecule has 1 aromatic rings.